The van der Waals surface area contributed by atoms with Gasteiger partial charge in [-0.15, -0.1) is 0 Å². The van der Waals surface area contributed by atoms with E-state index in [0.29, 0.717) is 17.2 Å². The van der Waals surface area contributed by atoms with Crippen LogP contribution in [0.4, 0.5) is 0 Å². The molecule has 2 rings (SSSR count). The number of halogens is 1. The van der Waals surface area contributed by atoms with Crippen LogP contribution in [0, 0.1) is 0 Å². The van der Waals surface area contributed by atoms with Gasteiger partial charge in [0.2, 0.25) is 0 Å². The average Bonchev–Trinajstić information content (AvgIpc) is 2.80. The number of carbonyl (C=O) groups is 1. The Morgan fingerprint density at radius 3 is 2.67 bits per heavy atom. The van der Waals surface area contributed by atoms with E-state index in [1.54, 1.807) is 38.2 Å². The van der Waals surface area contributed by atoms with Gasteiger partial charge >= 0.3 is 0 Å². The number of carbonyl (C=O) groups excluding carboxylic acids is 1. The number of sulfone groups is 1. The van der Waals surface area contributed by atoms with Gasteiger partial charge in [0.25, 0.3) is 5.91 Å². The van der Waals surface area contributed by atoms with Gasteiger partial charge in [0, 0.05) is 13.1 Å². The molecule has 1 aromatic carbocycles. The van der Waals surface area contributed by atoms with Crippen molar-refractivity contribution in [2.45, 2.75) is 25.5 Å². The summed E-state index contributed by atoms with van der Waals surface area (Å²) in [6.07, 6.45) is -0.248. The smallest absolute Gasteiger partial charge is 0.263 e. The first-order valence-corrected chi connectivity index (χ1v) is 8.88. The van der Waals surface area contributed by atoms with Gasteiger partial charge in [-0.25, -0.2) is 8.42 Å². The molecule has 2 atom stereocenters. The van der Waals surface area contributed by atoms with E-state index >= 15 is 0 Å². The summed E-state index contributed by atoms with van der Waals surface area (Å²) in [6, 6.07) is 6.64. The number of ether oxygens (including phenoxy) is 1. The molecule has 0 unspecified atom stereocenters. The molecule has 0 spiro atoms. The van der Waals surface area contributed by atoms with Crippen LogP contribution < -0.4 is 4.74 Å². The van der Waals surface area contributed by atoms with Crippen LogP contribution in [0.25, 0.3) is 0 Å². The van der Waals surface area contributed by atoms with Crippen molar-refractivity contribution in [2.24, 2.45) is 0 Å². The van der Waals surface area contributed by atoms with E-state index in [-0.39, 0.29) is 23.5 Å². The SMILES string of the molecule is C[C@@H](Oc1ccccc1Cl)C(=O)N(C)[C@@H]1CCS(=O)(=O)C1. The number of benzene rings is 1. The van der Waals surface area contributed by atoms with Crippen molar-refractivity contribution in [3.63, 3.8) is 0 Å². The molecule has 1 fully saturated rings. The van der Waals surface area contributed by atoms with Crippen LogP contribution in [0.2, 0.25) is 5.02 Å². The van der Waals surface area contributed by atoms with Gasteiger partial charge in [0.05, 0.1) is 16.5 Å². The zero-order valence-corrected chi connectivity index (χ0v) is 13.5. The average molecular weight is 332 g/mol. The third-order valence-electron chi connectivity index (χ3n) is 3.59. The Bertz CT molecular complexity index is 632. The van der Waals surface area contributed by atoms with Gasteiger partial charge in [-0.2, -0.15) is 0 Å². The first-order chi connectivity index (χ1) is 9.80. The maximum Gasteiger partial charge on any atom is 0.263 e. The van der Waals surface area contributed by atoms with E-state index in [4.69, 9.17) is 16.3 Å². The standard InChI is InChI=1S/C14H18ClNO4S/c1-10(20-13-6-4-3-5-12(13)15)14(17)16(2)11-7-8-21(18,19)9-11/h3-6,10-11H,7-9H2,1-2H3/t10-,11-/m1/s1. The molecule has 21 heavy (non-hydrogen) atoms. The maximum absolute atomic E-state index is 12.3. The van der Waals surface area contributed by atoms with Gasteiger partial charge in [-0.1, -0.05) is 23.7 Å². The van der Waals surface area contributed by atoms with E-state index in [9.17, 15) is 13.2 Å². The van der Waals surface area contributed by atoms with Gasteiger partial charge in [0.1, 0.15) is 5.75 Å². The summed E-state index contributed by atoms with van der Waals surface area (Å²) in [6.45, 7) is 1.63. The molecule has 0 bridgehead atoms. The largest absolute Gasteiger partial charge is 0.479 e. The minimum absolute atomic E-state index is 0.0219. The molecular weight excluding hydrogens is 314 g/mol. The lowest BCUT2D eigenvalue weighted by molar-refractivity contribution is -0.138. The topological polar surface area (TPSA) is 63.7 Å². The molecule has 0 aromatic heterocycles. The van der Waals surface area contributed by atoms with Gasteiger partial charge in [-0.3, -0.25) is 4.79 Å². The highest BCUT2D eigenvalue weighted by atomic mass is 35.5. The number of hydrogen-bond acceptors (Lipinski definition) is 4. The minimum atomic E-state index is -3.02. The molecule has 0 saturated carbocycles. The predicted octanol–water partition coefficient (Wildman–Crippen LogP) is 1.75. The molecule has 1 aliphatic heterocycles. The minimum Gasteiger partial charge on any atom is -0.479 e. The maximum atomic E-state index is 12.3. The summed E-state index contributed by atoms with van der Waals surface area (Å²) in [5, 5.41) is 0.434. The van der Waals surface area contributed by atoms with E-state index in [0.717, 1.165) is 0 Å². The Hall–Kier alpha value is -1.27. The molecule has 1 saturated heterocycles. The van der Waals surface area contributed by atoms with Crippen molar-refractivity contribution in [1.29, 1.82) is 0 Å². The lowest BCUT2D eigenvalue weighted by Crippen LogP contribution is -2.44. The van der Waals surface area contributed by atoms with Crippen molar-refractivity contribution >= 4 is 27.3 Å². The van der Waals surface area contributed by atoms with E-state index in [2.05, 4.69) is 0 Å². The van der Waals surface area contributed by atoms with Crippen LogP contribution >= 0.6 is 11.6 Å². The number of amides is 1. The monoisotopic (exact) mass is 331 g/mol. The summed E-state index contributed by atoms with van der Waals surface area (Å²) < 4.78 is 28.5. The molecule has 1 heterocycles. The molecule has 0 radical (unpaired) electrons. The summed E-state index contributed by atoms with van der Waals surface area (Å²) in [7, 11) is -1.41. The van der Waals surface area contributed by atoms with Crippen LogP contribution in [0.5, 0.6) is 5.75 Å². The first-order valence-electron chi connectivity index (χ1n) is 6.68. The molecule has 1 aliphatic rings. The fraction of sp³-hybridized carbons (Fsp3) is 0.500. The number of rotatable bonds is 4. The number of nitrogens with zero attached hydrogens (tertiary/aromatic N) is 1. The third-order valence-corrected chi connectivity index (χ3v) is 5.65. The highest BCUT2D eigenvalue weighted by Gasteiger charge is 2.34. The Morgan fingerprint density at radius 2 is 2.10 bits per heavy atom. The Balaban J connectivity index is 2.01. The Kier molecular flexibility index (Phi) is 4.78. The van der Waals surface area contributed by atoms with Gasteiger partial charge in [-0.05, 0) is 25.5 Å². The van der Waals surface area contributed by atoms with Crippen LogP contribution in [-0.2, 0) is 14.6 Å². The number of likely N-dealkylation sites (N-methyl/N-ethyl adjacent to an activating group) is 1. The normalized spacial score (nSPS) is 21.8. The zero-order chi connectivity index (χ0) is 15.6. The highest BCUT2D eigenvalue weighted by molar-refractivity contribution is 7.91. The highest BCUT2D eigenvalue weighted by Crippen LogP contribution is 2.25. The number of para-hydroxylation sites is 1. The van der Waals surface area contributed by atoms with E-state index < -0.39 is 15.9 Å². The summed E-state index contributed by atoms with van der Waals surface area (Å²) in [5.74, 6) is 0.341. The van der Waals surface area contributed by atoms with Crippen molar-refractivity contribution < 1.29 is 17.9 Å². The molecule has 5 nitrogen and oxygen atoms in total. The fourth-order valence-electron chi connectivity index (χ4n) is 2.33. The molecule has 0 aliphatic carbocycles. The summed E-state index contributed by atoms with van der Waals surface area (Å²) >= 11 is 5.99. The second-order valence-electron chi connectivity index (χ2n) is 5.20. The van der Waals surface area contributed by atoms with E-state index in [1.165, 1.54) is 4.90 Å². The summed E-state index contributed by atoms with van der Waals surface area (Å²) in [5.41, 5.74) is 0. The number of hydrogen-bond donors (Lipinski definition) is 0. The molecule has 7 heteroatoms. The second kappa shape index (κ2) is 6.23. The molecule has 116 valence electrons. The van der Waals surface area contributed by atoms with Gasteiger partial charge in [0.15, 0.2) is 15.9 Å². The quantitative estimate of drug-likeness (QED) is 0.843. The first kappa shape index (κ1) is 16.1. The fourth-order valence-corrected chi connectivity index (χ4v) is 4.28. The van der Waals surface area contributed by atoms with Gasteiger partial charge < -0.3 is 9.64 Å². The van der Waals surface area contributed by atoms with Crippen LogP contribution in [0.1, 0.15) is 13.3 Å². The molecule has 0 N–H and O–H groups in total. The Morgan fingerprint density at radius 1 is 1.43 bits per heavy atom. The van der Waals surface area contributed by atoms with Crippen molar-refractivity contribution in [3.8, 4) is 5.75 Å². The summed E-state index contributed by atoms with van der Waals surface area (Å²) in [4.78, 5) is 13.8. The third kappa shape index (κ3) is 3.89. The molecule has 1 aromatic rings. The van der Waals surface area contributed by atoms with Crippen LogP contribution in [-0.4, -0.2) is 49.9 Å². The van der Waals surface area contributed by atoms with Crippen molar-refractivity contribution in [2.75, 3.05) is 18.6 Å². The molecule has 1 amide bonds. The second-order valence-corrected chi connectivity index (χ2v) is 7.83. The molecular formula is C14H18ClNO4S. The van der Waals surface area contributed by atoms with Crippen LogP contribution in [0.3, 0.4) is 0 Å². The predicted molar refractivity (Wildman–Crippen MR) is 81.4 cm³/mol. The van der Waals surface area contributed by atoms with Crippen molar-refractivity contribution in [1.82, 2.24) is 4.90 Å². The Labute approximate surface area is 129 Å². The van der Waals surface area contributed by atoms with Crippen LogP contribution in [0.15, 0.2) is 24.3 Å². The lowest BCUT2D eigenvalue weighted by Gasteiger charge is -2.26. The zero-order valence-electron chi connectivity index (χ0n) is 12.0. The van der Waals surface area contributed by atoms with Crippen molar-refractivity contribution in [3.05, 3.63) is 29.3 Å². The lowest BCUT2D eigenvalue weighted by atomic mass is 10.2. The van der Waals surface area contributed by atoms with E-state index in [1.807, 2.05) is 0 Å².